The molecule has 1 aliphatic heterocycles. The highest BCUT2D eigenvalue weighted by molar-refractivity contribution is 7.99. The Bertz CT molecular complexity index is 807. The molecule has 2 unspecified atom stereocenters. The standard InChI is InChI=1S/C21H31N5O2S/c1-15-9-16(2)11-25(10-15)20-22-23-21(26(20)13-18-5-4-8-28-18)29-14-19(27)24(3)12-17-6-7-17/h4-5,8,15-17H,6-7,9-14H2,1-3H3. The maximum Gasteiger partial charge on any atom is 0.232 e. The fourth-order valence-corrected chi connectivity index (χ4v) is 5.04. The summed E-state index contributed by atoms with van der Waals surface area (Å²) in [6, 6.07) is 3.86. The van der Waals surface area contributed by atoms with E-state index in [1.807, 2.05) is 24.1 Å². The zero-order chi connectivity index (χ0) is 20.4. The first-order valence-electron chi connectivity index (χ1n) is 10.6. The molecule has 29 heavy (non-hydrogen) atoms. The third-order valence-corrected chi connectivity index (χ3v) is 6.67. The van der Waals surface area contributed by atoms with Crippen molar-refractivity contribution in [3.8, 4) is 0 Å². The summed E-state index contributed by atoms with van der Waals surface area (Å²) in [5.74, 6) is 4.22. The molecule has 3 heterocycles. The zero-order valence-corrected chi connectivity index (χ0v) is 18.4. The van der Waals surface area contributed by atoms with Crippen LogP contribution in [0.3, 0.4) is 0 Å². The van der Waals surface area contributed by atoms with Gasteiger partial charge in [0.2, 0.25) is 11.9 Å². The number of nitrogens with zero attached hydrogens (tertiary/aromatic N) is 5. The minimum absolute atomic E-state index is 0.149. The highest BCUT2D eigenvalue weighted by atomic mass is 32.2. The molecule has 1 amide bonds. The molecule has 1 aliphatic carbocycles. The van der Waals surface area contributed by atoms with Crippen LogP contribution in [0.25, 0.3) is 0 Å². The largest absolute Gasteiger partial charge is 0.467 e. The first kappa shape index (κ1) is 20.3. The molecule has 2 aliphatic rings. The van der Waals surface area contributed by atoms with Gasteiger partial charge in [0.15, 0.2) is 5.16 Å². The molecule has 0 aromatic carbocycles. The maximum atomic E-state index is 12.5. The van der Waals surface area contributed by atoms with E-state index in [0.717, 1.165) is 36.5 Å². The molecule has 0 bridgehead atoms. The van der Waals surface area contributed by atoms with Crippen molar-refractivity contribution in [3.05, 3.63) is 24.2 Å². The molecule has 7 nitrogen and oxygen atoms in total. The van der Waals surface area contributed by atoms with E-state index in [1.165, 1.54) is 31.0 Å². The van der Waals surface area contributed by atoms with Crippen molar-refractivity contribution in [1.29, 1.82) is 0 Å². The van der Waals surface area contributed by atoms with Crippen LogP contribution in [0.1, 0.15) is 38.9 Å². The molecule has 2 atom stereocenters. The lowest BCUT2D eigenvalue weighted by atomic mass is 9.92. The zero-order valence-electron chi connectivity index (χ0n) is 17.6. The van der Waals surface area contributed by atoms with E-state index >= 15 is 0 Å². The Kier molecular flexibility index (Phi) is 6.18. The fourth-order valence-electron chi connectivity index (χ4n) is 4.17. The van der Waals surface area contributed by atoms with E-state index in [9.17, 15) is 4.79 Å². The van der Waals surface area contributed by atoms with Crippen molar-refractivity contribution >= 4 is 23.6 Å². The number of amides is 1. The summed E-state index contributed by atoms with van der Waals surface area (Å²) >= 11 is 1.47. The number of aromatic nitrogens is 3. The summed E-state index contributed by atoms with van der Waals surface area (Å²) in [4.78, 5) is 16.7. The van der Waals surface area contributed by atoms with Crippen LogP contribution in [0.2, 0.25) is 0 Å². The Hall–Kier alpha value is -1.96. The first-order chi connectivity index (χ1) is 14.0. The quantitative estimate of drug-likeness (QED) is 0.614. The molecule has 1 saturated carbocycles. The van der Waals surface area contributed by atoms with Crippen molar-refractivity contribution in [2.24, 2.45) is 17.8 Å². The van der Waals surface area contributed by atoms with Gasteiger partial charge in [0.25, 0.3) is 0 Å². The molecule has 2 aromatic rings. The lowest BCUT2D eigenvalue weighted by Gasteiger charge is -2.35. The summed E-state index contributed by atoms with van der Waals surface area (Å²) in [7, 11) is 1.90. The molecule has 0 spiro atoms. The van der Waals surface area contributed by atoms with Gasteiger partial charge >= 0.3 is 0 Å². The summed E-state index contributed by atoms with van der Waals surface area (Å²) in [6.45, 7) is 7.98. The Labute approximate surface area is 176 Å². The summed E-state index contributed by atoms with van der Waals surface area (Å²) in [6.07, 6.45) is 5.43. The van der Waals surface area contributed by atoms with E-state index in [-0.39, 0.29) is 5.91 Å². The van der Waals surface area contributed by atoms with Gasteiger partial charge in [0.1, 0.15) is 5.76 Å². The van der Waals surface area contributed by atoms with E-state index in [1.54, 1.807) is 6.26 Å². The van der Waals surface area contributed by atoms with Crippen LogP contribution in [0.4, 0.5) is 5.95 Å². The normalized spacial score (nSPS) is 22.1. The second-order valence-electron chi connectivity index (χ2n) is 8.81. The van der Waals surface area contributed by atoms with E-state index in [0.29, 0.717) is 30.1 Å². The maximum absolute atomic E-state index is 12.5. The lowest BCUT2D eigenvalue weighted by molar-refractivity contribution is -0.127. The predicted octanol–water partition coefficient (Wildman–Crippen LogP) is 3.36. The number of thioether (sulfide) groups is 1. The summed E-state index contributed by atoms with van der Waals surface area (Å²) in [5.41, 5.74) is 0. The molecule has 2 fully saturated rings. The van der Waals surface area contributed by atoms with Crippen LogP contribution in [0.15, 0.2) is 28.0 Å². The van der Waals surface area contributed by atoms with Crippen LogP contribution in [-0.4, -0.2) is 58.0 Å². The van der Waals surface area contributed by atoms with Gasteiger partial charge in [-0.3, -0.25) is 9.36 Å². The Morgan fingerprint density at radius 1 is 1.28 bits per heavy atom. The van der Waals surface area contributed by atoms with Gasteiger partial charge in [-0.1, -0.05) is 25.6 Å². The van der Waals surface area contributed by atoms with Crippen LogP contribution in [0, 0.1) is 17.8 Å². The van der Waals surface area contributed by atoms with Crippen molar-refractivity contribution in [1.82, 2.24) is 19.7 Å². The average Bonchev–Trinajstić information content (AvgIpc) is 3.18. The molecule has 0 radical (unpaired) electrons. The van der Waals surface area contributed by atoms with Crippen molar-refractivity contribution in [2.45, 2.75) is 44.8 Å². The monoisotopic (exact) mass is 417 g/mol. The number of hydrogen-bond donors (Lipinski definition) is 0. The Morgan fingerprint density at radius 2 is 2.03 bits per heavy atom. The predicted molar refractivity (Wildman–Crippen MR) is 114 cm³/mol. The van der Waals surface area contributed by atoms with Gasteiger partial charge in [-0.05, 0) is 49.1 Å². The number of furan rings is 1. The van der Waals surface area contributed by atoms with Crippen LogP contribution >= 0.6 is 11.8 Å². The highest BCUT2D eigenvalue weighted by Crippen LogP contribution is 2.31. The topological polar surface area (TPSA) is 67.4 Å². The molecular formula is C21H31N5O2S. The number of anilines is 1. The Morgan fingerprint density at radius 3 is 2.69 bits per heavy atom. The number of carbonyl (C=O) groups excluding carboxylic acids is 1. The molecule has 2 aromatic heterocycles. The van der Waals surface area contributed by atoms with Gasteiger partial charge in [0, 0.05) is 26.7 Å². The summed E-state index contributed by atoms with van der Waals surface area (Å²) < 4.78 is 7.68. The van der Waals surface area contributed by atoms with Crippen molar-refractivity contribution in [2.75, 3.05) is 37.3 Å². The number of carbonyl (C=O) groups is 1. The Balaban J connectivity index is 1.49. The molecule has 4 rings (SSSR count). The SMILES string of the molecule is CC1CC(C)CN(c2nnc(SCC(=O)N(C)CC3CC3)n2Cc2ccco2)C1. The molecule has 0 N–H and O–H groups in total. The smallest absolute Gasteiger partial charge is 0.232 e. The van der Waals surface area contributed by atoms with Crippen LogP contribution in [-0.2, 0) is 11.3 Å². The molecular weight excluding hydrogens is 386 g/mol. The number of piperidine rings is 1. The van der Waals surface area contributed by atoms with Gasteiger partial charge in [-0.25, -0.2) is 0 Å². The highest BCUT2D eigenvalue weighted by Gasteiger charge is 2.28. The second-order valence-corrected chi connectivity index (χ2v) is 9.75. The second kappa shape index (κ2) is 8.81. The van der Waals surface area contributed by atoms with Crippen molar-refractivity contribution < 1.29 is 9.21 Å². The van der Waals surface area contributed by atoms with Crippen molar-refractivity contribution in [3.63, 3.8) is 0 Å². The van der Waals surface area contributed by atoms with E-state index in [2.05, 4.69) is 33.5 Å². The number of rotatable bonds is 8. The molecule has 158 valence electrons. The lowest BCUT2D eigenvalue weighted by Crippen LogP contribution is -2.40. The van der Waals surface area contributed by atoms with Gasteiger partial charge in [0.05, 0.1) is 18.6 Å². The third-order valence-electron chi connectivity index (χ3n) is 5.72. The number of hydrogen-bond acceptors (Lipinski definition) is 6. The summed E-state index contributed by atoms with van der Waals surface area (Å²) in [5, 5.41) is 9.74. The third kappa shape index (κ3) is 5.15. The molecule has 8 heteroatoms. The fraction of sp³-hybridized carbons (Fsp3) is 0.667. The minimum atomic E-state index is 0.149. The van der Waals surface area contributed by atoms with Gasteiger partial charge in [-0.2, -0.15) is 0 Å². The van der Waals surface area contributed by atoms with Gasteiger partial charge in [-0.15, -0.1) is 10.2 Å². The van der Waals surface area contributed by atoms with E-state index in [4.69, 9.17) is 4.42 Å². The van der Waals surface area contributed by atoms with Crippen LogP contribution < -0.4 is 4.90 Å². The van der Waals surface area contributed by atoms with Gasteiger partial charge < -0.3 is 14.2 Å². The average molecular weight is 418 g/mol. The molecule has 1 saturated heterocycles. The van der Waals surface area contributed by atoms with Crippen LogP contribution in [0.5, 0.6) is 0 Å². The minimum Gasteiger partial charge on any atom is -0.467 e. The van der Waals surface area contributed by atoms with E-state index < -0.39 is 0 Å². The first-order valence-corrected chi connectivity index (χ1v) is 11.6.